The van der Waals surface area contributed by atoms with Gasteiger partial charge in [-0.1, -0.05) is 43.3 Å². The van der Waals surface area contributed by atoms with E-state index in [0.29, 0.717) is 5.56 Å². The van der Waals surface area contributed by atoms with Crippen LogP contribution in [0, 0.1) is 0 Å². The molecule has 0 fully saturated rings. The van der Waals surface area contributed by atoms with Crippen molar-refractivity contribution in [2.45, 2.75) is 13.3 Å². The van der Waals surface area contributed by atoms with Gasteiger partial charge >= 0.3 is 0 Å². The number of aryl methyl sites for hydroxylation is 1. The summed E-state index contributed by atoms with van der Waals surface area (Å²) in [5, 5.41) is 6.04. The molecule has 0 unspecified atom stereocenters. The van der Waals surface area contributed by atoms with Gasteiger partial charge in [0.25, 0.3) is 5.91 Å². The Morgan fingerprint density at radius 1 is 1.14 bits per heavy atom. The molecule has 3 aromatic rings. The van der Waals surface area contributed by atoms with Gasteiger partial charge in [-0.15, -0.1) is 11.3 Å². The first-order valence-corrected chi connectivity index (χ1v) is 7.99. The molecule has 3 nitrogen and oxygen atoms in total. The molecule has 0 aliphatic carbocycles. The zero-order valence-electron chi connectivity index (χ0n) is 12.2. The average Bonchev–Trinajstić information content (AvgIpc) is 3.02. The van der Waals surface area contributed by atoms with E-state index >= 15 is 0 Å². The largest absolute Gasteiger partial charge is 0.271 e. The molecule has 1 heterocycles. The van der Waals surface area contributed by atoms with Crippen molar-refractivity contribution in [1.29, 1.82) is 0 Å². The van der Waals surface area contributed by atoms with Crippen LogP contribution in [0.15, 0.2) is 59.7 Å². The minimum atomic E-state index is -0.194. The zero-order valence-corrected chi connectivity index (χ0v) is 13.1. The Balaban J connectivity index is 1.76. The Hall–Kier alpha value is -2.46. The number of carbonyl (C=O) groups is 1. The van der Waals surface area contributed by atoms with Crippen molar-refractivity contribution in [3.8, 4) is 0 Å². The van der Waals surface area contributed by atoms with Gasteiger partial charge < -0.3 is 0 Å². The summed E-state index contributed by atoms with van der Waals surface area (Å²) < 4.78 is 0. The van der Waals surface area contributed by atoms with Gasteiger partial charge in [-0.2, -0.15) is 5.10 Å². The van der Waals surface area contributed by atoms with Gasteiger partial charge in [-0.3, -0.25) is 4.79 Å². The van der Waals surface area contributed by atoms with Gasteiger partial charge in [0.1, 0.15) is 0 Å². The maximum Gasteiger partial charge on any atom is 0.271 e. The second-order valence-electron chi connectivity index (χ2n) is 4.88. The van der Waals surface area contributed by atoms with Gasteiger partial charge in [0.05, 0.1) is 6.21 Å². The van der Waals surface area contributed by atoms with E-state index in [1.807, 2.05) is 48.5 Å². The molecule has 1 aromatic heterocycles. The summed E-state index contributed by atoms with van der Waals surface area (Å²) >= 11 is 1.68. The summed E-state index contributed by atoms with van der Waals surface area (Å²) in [5.74, 6) is -0.194. The van der Waals surface area contributed by atoms with E-state index in [1.54, 1.807) is 17.6 Å². The van der Waals surface area contributed by atoms with Gasteiger partial charge in [0.15, 0.2) is 0 Å². The fourth-order valence-corrected chi connectivity index (χ4v) is 3.12. The first-order chi connectivity index (χ1) is 10.8. The molecular weight excluding hydrogens is 292 g/mol. The van der Waals surface area contributed by atoms with E-state index in [4.69, 9.17) is 0 Å². The molecule has 0 aliphatic heterocycles. The lowest BCUT2D eigenvalue weighted by molar-refractivity contribution is 0.0957. The maximum atomic E-state index is 12.3. The molecule has 0 radical (unpaired) electrons. The molecule has 22 heavy (non-hydrogen) atoms. The first-order valence-electron chi connectivity index (χ1n) is 7.18. The minimum absolute atomic E-state index is 0.194. The number of hydrazone groups is 1. The van der Waals surface area contributed by atoms with Crippen molar-refractivity contribution in [2.24, 2.45) is 5.10 Å². The Bertz CT molecular complexity index is 830. The van der Waals surface area contributed by atoms with Gasteiger partial charge in [0, 0.05) is 15.3 Å². The van der Waals surface area contributed by atoms with E-state index in [0.717, 1.165) is 22.1 Å². The highest BCUT2D eigenvalue weighted by Gasteiger charge is 2.08. The molecular formula is C18H16N2OS. The number of hydrogen-bond acceptors (Lipinski definition) is 3. The number of thiophene rings is 1. The minimum Gasteiger partial charge on any atom is -0.267 e. The number of amides is 1. The molecule has 2 aromatic carbocycles. The summed E-state index contributed by atoms with van der Waals surface area (Å²) in [6.45, 7) is 2.12. The maximum absolute atomic E-state index is 12.3. The summed E-state index contributed by atoms with van der Waals surface area (Å²) in [7, 11) is 0. The third kappa shape index (κ3) is 3.07. The van der Waals surface area contributed by atoms with Crippen LogP contribution < -0.4 is 5.43 Å². The van der Waals surface area contributed by atoms with E-state index in [9.17, 15) is 4.79 Å². The van der Waals surface area contributed by atoms with Crippen molar-refractivity contribution >= 4 is 34.2 Å². The van der Waals surface area contributed by atoms with Crippen LogP contribution in [0.4, 0.5) is 0 Å². The van der Waals surface area contributed by atoms with Crippen molar-refractivity contribution < 1.29 is 4.79 Å². The van der Waals surface area contributed by atoms with Crippen molar-refractivity contribution in [1.82, 2.24) is 5.43 Å². The van der Waals surface area contributed by atoms with Crippen molar-refractivity contribution in [3.63, 3.8) is 0 Å². The van der Waals surface area contributed by atoms with Crippen LogP contribution in [-0.4, -0.2) is 12.1 Å². The van der Waals surface area contributed by atoms with Gasteiger partial charge in [0.2, 0.25) is 0 Å². The number of nitrogens with one attached hydrogen (secondary N) is 1. The predicted molar refractivity (Wildman–Crippen MR) is 92.7 cm³/mol. The average molecular weight is 308 g/mol. The quantitative estimate of drug-likeness (QED) is 0.569. The molecule has 3 rings (SSSR count). The third-order valence-corrected chi connectivity index (χ3v) is 4.59. The molecule has 1 N–H and O–H groups in total. The molecule has 0 saturated heterocycles. The molecule has 0 bridgehead atoms. The normalized spacial score (nSPS) is 11.1. The Labute approximate surface area is 133 Å². The van der Waals surface area contributed by atoms with Gasteiger partial charge in [-0.25, -0.2) is 5.43 Å². The van der Waals surface area contributed by atoms with Crippen LogP contribution in [0.5, 0.6) is 0 Å². The fourth-order valence-electron chi connectivity index (χ4n) is 2.29. The van der Waals surface area contributed by atoms with Gasteiger partial charge in [-0.05, 0) is 35.4 Å². The van der Waals surface area contributed by atoms with Crippen LogP contribution in [0.2, 0.25) is 0 Å². The lowest BCUT2D eigenvalue weighted by atomic mass is 10.0. The summed E-state index contributed by atoms with van der Waals surface area (Å²) in [4.78, 5) is 14.6. The number of carbonyl (C=O) groups excluding carboxylic acids is 1. The highest BCUT2D eigenvalue weighted by Crippen LogP contribution is 2.18. The second-order valence-corrected chi connectivity index (χ2v) is 6.08. The van der Waals surface area contributed by atoms with E-state index < -0.39 is 0 Å². The van der Waals surface area contributed by atoms with Crippen LogP contribution >= 0.6 is 11.3 Å². The lowest BCUT2D eigenvalue weighted by Gasteiger charge is -2.04. The van der Waals surface area contributed by atoms with E-state index in [2.05, 4.69) is 23.5 Å². The Kier molecular flexibility index (Phi) is 4.30. The van der Waals surface area contributed by atoms with Crippen LogP contribution in [0.1, 0.15) is 27.0 Å². The van der Waals surface area contributed by atoms with Crippen molar-refractivity contribution in [3.05, 3.63) is 69.9 Å². The SMILES string of the molecule is CCc1ccc(/C=N/NC(=O)c2cccc3ccccc23)s1. The lowest BCUT2D eigenvalue weighted by Crippen LogP contribution is -2.17. The highest BCUT2D eigenvalue weighted by molar-refractivity contribution is 7.13. The van der Waals surface area contributed by atoms with E-state index in [1.165, 1.54) is 4.88 Å². The van der Waals surface area contributed by atoms with Crippen LogP contribution in [-0.2, 0) is 6.42 Å². The predicted octanol–water partition coefficient (Wildman–Crippen LogP) is 4.23. The monoisotopic (exact) mass is 308 g/mol. The molecule has 1 amide bonds. The number of fused-ring (bicyclic) bond motifs is 1. The standard InChI is InChI=1S/C18H16N2OS/c1-2-14-10-11-15(22-14)12-19-20-18(21)17-9-5-7-13-6-3-4-8-16(13)17/h3-12H,2H2,1H3,(H,20,21)/b19-12+. The number of rotatable bonds is 4. The Morgan fingerprint density at radius 3 is 2.77 bits per heavy atom. The molecule has 0 spiro atoms. The molecule has 4 heteroatoms. The first kappa shape index (κ1) is 14.5. The summed E-state index contributed by atoms with van der Waals surface area (Å²) in [6, 6.07) is 17.6. The second kappa shape index (κ2) is 6.54. The molecule has 0 atom stereocenters. The third-order valence-electron chi connectivity index (χ3n) is 3.42. The number of benzene rings is 2. The molecule has 110 valence electrons. The summed E-state index contributed by atoms with van der Waals surface area (Å²) in [5.41, 5.74) is 3.24. The number of nitrogens with zero attached hydrogens (tertiary/aromatic N) is 1. The van der Waals surface area contributed by atoms with E-state index in [-0.39, 0.29) is 5.91 Å². The fraction of sp³-hybridized carbons (Fsp3) is 0.111. The number of hydrogen-bond donors (Lipinski definition) is 1. The summed E-state index contributed by atoms with van der Waals surface area (Å²) in [6.07, 6.45) is 2.70. The molecule has 0 aliphatic rings. The van der Waals surface area contributed by atoms with Crippen LogP contribution in [0.25, 0.3) is 10.8 Å². The molecule has 0 saturated carbocycles. The zero-order chi connectivity index (χ0) is 15.4. The Morgan fingerprint density at radius 2 is 1.95 bits per heavy atom. The van der Waals surface area contributed by atoms with Crippen molar-refractivity contribution in [2.75, 3.05) is 0 Å². The van der Waals surface area contributed by atoms with Crippen LogP contribution in [0.3, 0.4) is 0 Å². The smallest absolute Gasteiger partial charge is 0.267 e. The topological polar surface area (TPSA) is 41.5 Å². The highest BCUT2D eigenvalue weighted by atomic mass is 32.1.